The highest BCUT2D eigenvalue weighted by Crippen LogP contribution is 2.30. The van der Waals surface area contributed by atoms with Gasteiger partial charge < -0.3 is 5.32 Å². The van der Waals surface area contributed by atoms with E-state index in [2.05, 4.69) is 63.9 Å². The van der Waals surface area contributed by atoms with Crippen LogP contribution in [-0.4, -0.2) is 7.05 Å². The lowest BCUT2D eigenvalue weighted by atomic mass is 10.0. The summed E-state index contributed by atoms with van der Waals surface area (Å²) in [6.07, 6.45) is 1.09. The van der Waals surface area contributed by atoms with Crippen LogP contribution in [0.25, 0.3) is 0 Å². The molecule has 1 N–H and O–H groups in total. The molecular formula is C14H16BrNS. The van der Waals surface area contributed by atoms with E-state index >= 15 is 0 Å². The number of hydrogen-bond acceptors (Lipinski definition) is 2. The van der Waals surface area contributed by atoms with E-state index in [-0.39, 0.29) is 0 Å². The van der Waals surface area contributed by atoms with Gasteiger partial charge in [-0.05, 0) is 48.2 Å². The van der Waals surface area contributed by atoms with Crippen LogP contribution in [0.4, 0.5) is 0 Å². The van der Waals surface area contributed by atoms with Crippen LogP contribution in [0.15, 0.2) is 40.2 Å². The van der Waals surface area contributed by atoms with Crippen molar-refractivity contribution in [3.8, 4) is 0 Å². The molecule has 0 fully saturated rings. The van der Waals surface area contributed by atoms with Gasteiger partial charge in [0.25, 0.3) is 0 Å². The number of nitrogens with one attached hydrogen (secondary N) is 1. The van der Waals surface area contributed by atoms with Crippen molar-refractivity contribution in [2.45, 2.75) is 19.4 Å². The summed E-state index contributed by atoms with van der Waals surface area (Å²) in [4.78, 5) is 1.43. The van der Waals surface area contributed by atoms with Gasteiger partial charge in [0, 0.05) is 9.35 Å². The molecule has 0 saturated carbocycles. The van der Waals surface area contributed by atoms with E-state index in [1.807, 2.05) is 18.4 Å². The summed E-state index contributed by atoms with van der Waals surface area (Å²) in [6.45, 7) is 2.21. The van der Waals surface area contributed by atoms with Crippen LogP contribution in [0.5, 0.6) is 0 Å². The minimum atomic E-state index is 0.304. The summed E-state index contributed by atoms with van der Waals surface area (Å²) in [6, 6.07) is 11.1. The number of benzene rings is 1. The van der Waals surface area contributed by atoms with Gasteiger partial charge in [0.1, 0.15) is 0 Å². The van der Waals surface area contributed by atoms with Gasteiger partial charge in [-0.2, -0.15) is 0 Å². The first-order valence-corrected chi connectivity index (χ1v) is 7.42. The molecule has 1 nitrogen and oxygen atoms in total. The third-order valence-electron chi connectivity index (χ3n) is 2.92. The van der Waals surface area contributed by atoms with E-state index in [1.165, 1.54) is 16.0 Å². The summed E-state index contributed by atoms with van der Waals surface area (Å²) in [5, 5.41) is 5.59. The highest BCUT2D eigenvalue weighted by molar-refractivity contribution is 9.10. The lowest BCUT2D eigenvalue weighted by Gasteiger charge is -2.17. The Balaban J connectivity index is 2.36. The van der Waals surface area contributed by atoms with Crippen molar-refractivity contribution in [2.75, 3.05) is 7.05 Å². The first-order valence-electron chi connectivity index (χ1n) is 5.75. The minimum absolute atomic E-state index is 0.304. The van der Waals surface area contributed by atoms with Crippen molar-refractivity contribution in [2.24, 2.45) is 0 Å². The van der Waals surface area contributed by atoms with Crippen LogP contribution >= 0.6 is 27.3 Å². The Bertz CT molecular complexity index is 475. The number of rotatable bonds is 4. The largest absolute Gasteiger partial charge is 0.309 e. The average Bonchev–Trinajstić information content (AvgIpc) is 2.81. The summed E-state index contributed by atoms with van der Waals surface area (Å²) in [5.74, 6) is 0. The molecule has 0 bridgehead atoms. The molecule has 0 aliphatic rings. The second-order valence-electron chi connectivity index (χ2n) is 3.94. The molecule has 17 heavy (non-hydrogen) atoms. The number of thiophene rings is 1. The van der Waals surface area contributed by atoms with Crippen LogP contribution < -0.4 is 5.32 Å². The van der Waals surface area contributed by atoms with E-state index in [0.29, 0.717) is 6.04 Å². The van der Waals surface area contributed by atoms with Gasteiger partial charge in [-0.1, -0.05) is 35.0 Å². The lowest BCUT2D eigenvalue weighted by molar-refractivity contribution is 0.697. The van der Waals surface area contributed by atoms with Crippen molar-refractivity contribution in [1.82, 2.24) is 5.32 Å². The normalized spacial score (nSPS) is 12.6. The summed E-state index contributed by atoms with van der Waals surface area (Å²) in [5.41, 5.74) is 2.75. The summed E-state index contributed by atoms with van der Waals surface area (Å²) in [7, 11) is 2.02. The van der Waals surface area contributed by atoms with E-state index < -0.39 is 0 Å². The van der Waals surface area contributed by atoms with E-state index in [9.17, 15) is 0 Å². The van der Waals surface area contributed by atoms with Crippen LogP contribution in [0, 0.1) is 0 Å². The van der Waals surface area contributed by atoms with E-state index in [4.69, 9.17) is 0 Å². The molecular weight excluding hydrogens is 294 g/mol. The Hall–Kier alpha value is -0.640. The number of hydrogen-bond donors (Lipinski definition) is 1. The Labute approximate surface area is 115 Å². The summed E-state index contributed by atoms with van der Waals surface area (Å²) < 4.78 is 1.12. The molecule has 1 unspecified atom stereocenters. The number of halogens is 1. The van der Waals surface area contributed by atoms with Crippen molar-refractivity contribution in [3.63, 3.8) is 0 Å². The molecule has 1 atom stereocenters. The Morgan fingerprint density at radius 2 is 1.94 bits per heavy atom. The van der Waals surface area contributed by atoms with Gasteiger partial charge in [-0.15, -0.1) is 11.3 Å². The smallest absolute Gasteiger partial charge is 0.0671 e. The van der Waals surface area contributed by atoms with Crippen LogP contribution in [0.2, 0.25) is 0 Å². The van der Waals surface area contributed by atoms with Crippen molar-refractivity contribution in [3.05, 3.63) is 56.2 Å². The standard InChI is InChI=1S/C14H16BrNS/c1-3-10-8-9-17-14(10)13(16-2)11-4-6-12(15)7-5-11/h4-9,13,16H,3H2,1-2H3. The van der Waals surface area contributed by atoms with Crippen LogP contribution in [-0.2, 0) is 6.42 Å². The fraction of sp³-hybridized carbons (Fsp3) is 0.286. The van der Waals surface area contributed by atoms with Crippen LogP contribution in [0.3, 0.4) is 0 Å². The average molecular weight is 310 g/mol. The molecule has 2 aromatic rings. The van der Waals surface area contributed by atoms with Gasteiger partial charge in [-0.3, -0.25) is 0 Å². The first kappa shape index (κ1) is 12.8. The van der Waals surface area contributed by atoms with Gasteiger partial charge in [0.15, 0.2) is 0 Å². The molecule has 0 aliphatic carbocycles. The predicted octanol–water partition coefficient (Wildman–Crippen LogP) is 4.38. The Morgan fingerprint density at radius 3 is 2.53 bits per heavy atom. The van der Waals surface area contributed by atoms with E-state index in [1.54, 1.807) is 0 Å². The highest BCUT2D eigenvalue weighted by atomic mass is 79.9. The molecule has 0 aliphatic heterocycles. The fourth-order valence-corrected chi connectivity index (χ4v) is 3.39. The van der Waals surface area contributed by atoms with Crippen molar-refractivity contribution >= 4 is 27.3 Å². The second-order valence-corrected chi connectivity index (χ2v) is 5.80. The van der Waals surface area contributed by atoms with E-state index in [0.717, 1.165) is 10.9 Å². The zero-order valence-electron chi connectivity index (χ0n) is 10.0. The monoisotopic (exact) mass is 309 g/mol. The van der Waals surface area contributed by atoms with Gasteiger partial charge in [0.2, 0.25) is 0 Å². The van der Waals surface area contributed by atoms with Crippen molar-refractivity contribution in [1.29, 1.82) is 0 Å². The predicted molar refractivity (Wildman–Crippen MR) is 78.7 cm³/mol. The zero-order chi connectivity index (χ0) is 12.3. The maximum atomic E-state index is 3.48. The topological polar surface area (TPSA) is 12.0 Å². The number of aryl methyl sites for hydroxylation is 1. The Kier molecular flexibility index (Phi) is 4.37. The first-order chi connectivity index (χ1) is 8.26. The SMILES string of the molecule is CCc1ccsc1C(NC)c1ccc(Br)cc1. The maximum absolute atomic E-state index is 3.48. The molecule has 1 aromatic carbocycles. The molecule has 90 valence electrons. The molecule has 2 rings (SSSR count). The lowest BCUT2D eigenvalue weighted by Crippen LogP contribution is -2.17. The Morgan fingerprint density at radius 1 is 1.24 bits per heavy atom. The molecule has 0 amide bonds. The molecule has 3 heteroatoms. The molecule has 0 radical (unpaired) electrons. The fourth-order valence-electron chi connectivity index (χ4n) is 2.00. The van der Waals surface area contributed by atoms with Crippen LogP contribution in [0.1, 0.15) is 29.0 Å². The van der Waals surface area contributed by atoms with Crippen molar-refractivity contribution < 1.29 is 0 Å². The summed E-state index contributed by atoms with van der Waals surface area (Å²) >= 11 is 5.31. The molecule has 1 heterocycles. The third kappa shape index (κ3) is 2.79. The zero-order valence-corrected chi connectivity index (χ0v) is 12.4. The highest BCUT2D eigenvalue weighted by Gasteiger charge is 2.16. The van der Waals surface area contributed by atoms with Gasteiger partial charge >= 0.3 is 0 Å². The van der Waals surface area contributed by atoms with Gasteiger partial charge in [0.05, 0.1) is 6.04 Å². The van der Waals surface area contributed by atoms with Gasteiger partial charge in [-0.25, -0.2) is 0 Å². The maximum Gasteiger partial charge on any atom is 0.0671 e. The third-order valence-corrected chi connectivity index (χ3v) is 4.47. The minimum Gasteiger partial charge on any atom is -0.309 e. The second kappa shape index (κ2) is 5.80. The molecule has 0 spiro atoms. The quantitative estimate of drug-likeness (QED) is 0.883. The molecule has 1 aromatic heterocycles. The molecule has 0 saturated heterocycles.